The number of hydrogen-bond acceptors (Lipinski definition) is 3. The van der Waals surface area contributed by atoms with Gasteiger partial charge in [-0.2, -0.15) is 0 Å². The number of halogens is 1. The van der Waals surface area contributed by atoms with E-state index in [1.165, 1.54) is 11.3 Å². The molecule has 1 aromatic carbocycles. The Balaban J connectivity index is 1.94. The van der Waals surface area contributed by atoms with Gasteiger partial charge in [0.15, 0.2) is 0 Å². The molecule has 2 aromatic rings. The van der Waals surface area contributed by atoms with Crippen molar-refractivity contribution in [3.05, 3.63) is 56.7 Å². The monoisotopic (exact) mass is 363 g/mol. The molecule has 1 amide bonds. The van der Waals surface area contributed by atoms with Crippen molar-refractivity contribution in [3.8, 4) is 0 Å². The van der Waals surface area contributed by atoms with Gasteiger partial charge in [0.25, 0.3) is 5.91 Å². The lowest BCUT2D eigenvalue weighted by Gasteiger charge is -2.27. The van der Waals surface area contributed by atoms with Crippen LogP contribution < -0.4 is 0 Å². The highest BCUT2D eigenvalue weighted by molar-refractivity contribution is 9.10. The zero-order valence-electron chi connectivity index (χ0n) is 11.2. The third-order valence-electron chi connectivity index (χ3n) is 3.78. The lowest BCUT2D eigenvalue weighted by atomic mass is 10.0. The topological polar surface area (TPSA) is 37.4 Å². The van der Waals surface area contributed by atoms with Gasteiger partial charge in [0.1, 0.15) is 6.29 Å². The third kappa shape index (κ3) is 2.80. The van der Waals surface area contributed by atoms with Gasteiger partial charge >= 0.3 is 0 Å². The third-order valence-corrected chi connectivity index (χ3v) is 5.46. The predicted molar refractivity (Wildman–Crippen MR) is 86.5 cm³/mol. The number of aldehydes is 1. The molecule has 0 N–H and O–H groups in total. The Morgan fingerprint density at radius 1 is 1.29 bits per heavy atom. The number of benzene rings is 1. The summed E-state index contributed by atoms with van der Waals surface area (Å²) in [5.74, 6) is -0.0610. The molecule has 1 fully saturated rings. The molecule has 3 rings (SSSR count). The van der Waals surface area contributed by atoms with E-state index in [2.05, 4.69) is 15.9 Å². The second-order valence-electron chi connectivity index (χ2n) is 5.05. The molecule has 5 heteroatoms. The zero-order chi connectivity index (χ0) is 14.8. The Morgan fingerprint density at radius 3 is 2.67 bits per heavy atom. The maximum Gasteiger partial charge on any atom is 0.265 e. The van der Waals surface area contributed by atoms with Crippen LogP contribution in [-0.2, 0) is 4.79 Å². The maximum absolute atomic E-state index is 12.8. The zero-order valence-corrected chi connectivity index (χ0v) is 13.6. The second kappa shape index (κ2) is 6.12. The number of amides is 1. The quantitative estimate of drug-likeness (QED) is 0.771. The molecule has 3 nitrogen and oxygen atoms in total. The highest BCUT2D eigenvalue weighted by atomic mass is 79.9. The minimum Gasteiger partial charge on any atom is -0.321 e. The normalized spacial score (nSPS) is 21.5. The van der Waals surface area contributed by atoms with Gasteiger partial charge in [-0.1, -0.05) is 30.3 Å². The van der Waals surface area contributed by atoms with E-state index in [1.54, 1.807) is 4.90 Å². The van der Waals surface area contributed by atoms with Crippen LogP contribution in [0.4, 0.5) is 0 Å². The van der Waals surface area contributed by atoms with Gasteiger partial charge in [-0.05, 0) is 40.4 Å². The van der Waals surface area contributed by atoms with E-state index in [0.29, 0.717) is 4.88 Å². The van der Waals surface area contributed by atoms with Gasteiger partial charge in [-0.25, -0.2) is 0 Å². The van der Waals surface area contributed by atoms with Gasteiger partial charge in [-0.3, -0.25) is 4.79 Å². The molecule has 0 spiro atoms. The lowest BCUT2D eigenvalue weighted by molar-refractivity contribution is -0.111. The molecule has 2 atom stereocenters. The van der Waals surface area contributed by atoms with Gasteiger partial charge in [0.2, 0.25) is 0 Å². The Bertz CT molecular complexity index is 655. The number of hydrogen-bond donors (Lipinski definition) is 0. The van der Waals surface area contributed by atoms with Crippen LogP contribution in [0.15, 0.2) is 46.3 Å². The summed E-state index contributed by atoms with van der Waals surface area (Å²) in [7, 11) is 0. The summed E-state index contributed by atoms with van der Waals surface area (Å²) in [6, 6.07) is 11.4. The summed E-state index contributed by atoms with van der Waals surface area (Å²) >= 11 is 4.77. The molecule has 0 radical (unpaired) electrons. The average Bonchev–Trinajstić information content (AvgIpc) is 3.13. The number of likely N-dealkylation sites (tertiary alicyclic amines) is 1. The summed E-state index contributed by atoms with van der Waals surface area (Å²) in [5.41, 5.74) is 1.09. The van der Waals surface area contributed by atoms with E-state index >= 15 is 0 Å². The summed E-state index contributed by atoms with van der Waals surface area (Å²) in [4.78, 5) is 26.5. The molecule has 1 aliphatic rings. The smallest absolute Gasteiger partial charge is 0.265 e. The maximum atomic E-state index is 12.8. The summed E-state index contributed by atoms with van der Waals surface area (Å²) < 4.78 is 0.897. The average molecular weight is 364 g/mol. The van der Waals surface area contributed by atoms with E-state index in [0.717, 1.165) is 29.2 Å². The second-order valence-corrected chi connectivity index (χ2v) is 6.88. The van der Waals surface area contributed by atoms with E-state index in [1.807, 2.05) is 41.8 Å². The van der Waals surface area contributed by atoms with Crippen molar-refractivity contribution in [2.24, 2.45) is 0 Å². The van der Waals surface area contributed by atoms with Crippen molar-refractivity contribution in [2.45, 2.75) is 24.9 Å². The molecular weight excluding hydrogens is 350 g/mol. The van der Waals surface area contributed by atoms with Crippen molar-refractivity contribution in [1.29, 1.82) is 0 Å². The number of rotatable bonds is 3. The first-order valence-corrected chi connectivity index (χ1v) is 8.45. The largest absolute Gasteiger partial charge is 0.321 e. The fourth-order valence-corrected chi connectivity index (χ4v) is 4.19. The summed E-state index contributed by atoms with van der Waals surface area (Å²) in [5, 5.41) is 1.89. The first-order valence-electron chi connectivity index (χ1n) is 6.77. The van der Waals surface area contributed by atoms with Gasteiger partial charge in [0, 0.05) is 9.85 Å². The van der Waals surface area contributed by atoms with Crippen molar-refractivity contribution in [2.75, 3.05) is 0 Å². The van der Waals surface area contributed by atoms with Crippen LogP contribution in [0, 0.1) is 0 Å². The highest BCUT2D eigenvalue weighted by Crippen LogP contribution is 2.37. The van der Waals surface area contributed by atoms with Crippen LogP contribution in [0.3, 0.4) is 0 Å². The Kier molecular flexibility index (Phi) is 4.22. The molecule has 2 heterocycles. The fourth-order valence-electron chi connectivity index (χ4n) is 2.82. The van der Waals surface area contributed by atoms with Crippen molar-refractivity contribution in [3.63, 3.8) is 0 Å². The Labute approximate surface area is 135 Å². The van der Waals surface area contributed by atoms with Gasteiger partial charge < -0.3 is 9.69 Å². The van der Waals surface area contributed by atoms with Crippen LogP contribution in [0.2, 0.25) is 0 Å². The highest BCUT2D eigenvalue weighted by Gasteiger charge is 2.38. The minimum atomic E-state index is -0.330. The van der Waals surface area contributed by atoms with Crippen LogP contribution >= 0.6 is 27.3 Å². The molecule has 0 aliphatic carbocycles. The summed E-state index contributed by atoms with van der Waals surface area (Å²) in [6.07, 6.45) is 2.44. The number of carbonyl (C=O) groups excluding carboxylic acids is 2. The molecule has 0 saturated carbocycles. The molecule has 1 aromatic heterocycles. The first kappa shape index (κ1) is 14.5. The lowest BCUT2D eigenvalue weighted by Crippen LogP contribution is -2.37. The molecule has 0 bridgehead atoms. The van der Waals surface area contributed by atoms with Crippen LogP contribution in [0.1, 0.15) is 34.1 Å². The molecule has 0 unspecified atom stereocenters. The first-order chi connectivity index (χ1) is 10.2. The molecular formula is C16H14BrNO2S. The van der Waals surface area contributed by atoms with Gasteiger partial charge in [-0.15, -0.1) is 11.3 Å². The Hall–Kier alpha value is -1.46. The molecule has 1 aliphatic heterocycles. The van der Waals surface area contributed by atoms with E-state index < -0.39 is 0 Å². The minimum absolute atomic E-state index is 0.0187. The van der Waals surface area contributed by atoms with E-state index in [4.69, 9.17) is 0 Å². The fraction of sp³-hybridized carbons (Fsp3) is 0.250. The van der Waals surface area contributed by atoms with Crippen LogP contribution in [0.5, 0.6) is 0 Å². The standard InChI is InChI=1S/C16H14BrNO2S/c17-12-8-15(21-10-12)16(20)18-13(9-19)6-7-14(18)11-4-2-1-3-5-11/h1-5,8-10,13-14H,6-7H2/t13-,14-/m1/s1. The predicted octanol–water partition coefficient (Wildman–Crippen LogP) is 4.06. The van der Waals surface area contributed by atoms with E-state index in [-0.39, 0.29) is 18.0 Å². The number of thiophene rings is 1. The Morgan fingerprint density at radius 2 is 2.05 bits per heavy atom. The molecule has 108 valence electrons. The van der Waals surface area contributed by atoms with Crippen molar-refractivity contribution < 1.29 is 9.59 Å². The molecule has 21 heavy (non-hydrogen) atoms. The van der Waals surface area contributed by atoms with Crippen LogP contribution in [-0.4, -0.2) is 23.1 Å². The van der Waals surface area contributed by atoms with Gasteiger partial charge in [0.05, 0.1) is 17.0 Å². The number of carbonyl (C=O) groups is 2. The summed E-state index contributed by atoms with van der Waals surface area (Å²) in [6.45, 7) is 0. The van der Waals surface area contributed by atoms with E-state index in [9.17, 15) is 9.59 Å². The van der Waals surface area contributed by atoms with Crippen molar-refractivity contribution >= 4 is 39.5 Å². The number of nitrogens with zero attached hydrogens (tertiary/aromatic N) is 1. The van der Waals surface area contributed by atoms with Crippen molar-refractivity contribution in [1.82, 2.24) is 4.90 Å². The van der Waals surface area contributed by atoms with Crippen LogP contribution in [0.25, 0.3) is 0 Å². The molecule has 1 saturated heterocycles. The SMILES string of the molecule is O=C[C@H]1CC[C@H](c2ccccc2)N1C(=O)c1cc(Br)cs1.